The summed E-state index contributed by atoms with van der Waals surface area (Å²) in [4.78, 5) is 12.8. The van der Waals surface area contributed by atoms with Crippen molar-refractivity contribution in [2.75, 3.05) is 18.4 Å². The summed E-state index contributed by atoms with van der Waals surface area (Å²) in [6, 6.07) is 13.4. The second kappa shape index (κ2) is 8.08. The van der Waals surface area contributed by atoms with Crippen molar-refractivity contribution in [1.29, 1.82) is 0 Å². The summed E-state index contributed by atoms with van der Waals surface area (Å²) in [6.45, 7) is 0.580. The Morgan fingerprint density at radius 1 is 1.19 bits per heavy atom. The molecule has 0 saturated carbocycles. The number of amides is 1. The highest BCUT2D eigenvalue weighted by Crippen LogP contribution is 2.26. The van der Waals surface area contributed by atoms with Crippen LogP contribution in [0.1, 0.15) is 12.8 Å². The van der Waals surface area contributed by atoms with E-state index in [1.807, 2.05) is 18.2 Å². The summed E-state index contributed by atoms with van der Waals surface area (Å²) in [5.74, 6) is -0.552. The Morgan fingerprint density at radius 2 is 1.92 bits per heavy atom. The van der Waals surface area contributed by atoms with Crippen LogP contribution in [-0.2, 0) is 14.8 Å². The SMILES string of the molecule is O=C(Nc1cccc(Br)c1)C1CCCN(S(=O)(=O)c2ccc(Cl)cc2)C1. The number of nitrogens with zero attached hydrogens (tertiary/aromatic N) is 1. The van der Waals surface area contributed by atoms with Crippen molar-refractivity contribution in [3.63, 3.8) is 0 Å². The Balaban J connectivity index is 1.72. The summed E-state index contributed by atoms with van der Waals surface area (Å²) in [5, 5.41) is 3.34. The molecule has 0 aromatic heterocycles. The molecule has 1 amide bonds. The van der Waals surface area contributed by atoms with E-state index in [4.69, 9.17) is 11.6 Å². The van der Waals surface area contributed by atoms with Crippen LogP contribution in [0.15, 0.2) is 57.9 Å². The molecule has 1 fully saturated rings. The molecule has 1 saturated heterocycles. The average Bonchev–Trinajstić information content (AvgIpc) is 2.62. The Bertz CT molecular complexity index is 903. The number of nitrogens with one attached hydrogen (secondary N) is 1. The van der Waals surface area contributed by atoms with Gasteiger partial charge >= 0.3 is 0 Å². The zero-order valence-electron chi connectivity index (χ0n) is 13.9. The van der Waals surface area contributed by atoms with E-state index in [9.17, 15) is 13.2 Å². The van der Waals surface area contributed by atoms with Gasteiger partial charge in [-0.2, -0.15) is 4.31 Å². The molecule has 3 rings (SSSR count). The molecule has 138 valence electrons. The number of benzene rings is 2. The Labute approximate surface area is 166 Å². The Morgan fingerprint density at radius 3 is 2.62 bits per heavy atom. The maximum absolute atomic E-state index is 12.8. The normalized spacial score (nSPS) is 18.5. The number of carbonyl (C=O) groups excluding carboxylic acids is 1. The van der Waals surface area contributed by atoms with Gasteiger partial charge in [0.2, 0.25) is 15.9 Å². The number of rotatable bonds is 4. The summed E-state index contributed by atoms with van der Waals surface area (Å²) >= 11 is 9.20. The first kappa shape index (κ1) is 19.4. The minimum atomic E-state index is -3.64. The van der Waals surface area contributed by atoms with Crippen molar-refractivity contribution in [3.05, 3.63) is 58.0 Å². The van der Waals surface area contributed by atoms with Gasteiger partial charge in [-0.3, -0.25) is 4.79 Å². The summed E-state index contributed by atoms with van der Waals surface area (Å²) < 4.78 is 27.9. The number of carbonyl (C=O) groups is 1. The fourth-order valence-electron chi connectivity index (χ4n) is 2.94. The third-order valence-corrected chi connectivity index (χ3v) is 6.92. The highest BCUT2D eigenvalue weighted by Gasteiger charge is 2.33. The maximum atomic E-state index is 12.8. The monoisotopic (exact) mass is 456 g/mol. The first-order valence-electron chi connectivity index (χ1n) is 8.18. The standard InChI is InChI=1S/C18H18BrClN2O3S/c19-14-4-1-5-16(11-14)21-18(23)13-3-2-10-22(12-13)26(24,25)17-8-6-15(20)7-9-17/h1,4-9,11,13H,2-3,10,12H2,(H,21,23). The van der Waals surface area contributed by atoms with Crippen LogP contribution in [0.3, 0.4) is 0 Å². The van der Waals surface area contributed by atoms with Crippen LogP contribution >= 0.6 is 27.5 Å². The molecular formula is C18H18BrClN2O3S. The lowest BCUT2D eigenvalue weighted by Crippen LogP contribution is -2.43. The first-order valence-corrected chi connectivity index (χ1v) is 10.8. The van der Waals surface area contributed by atoms with E-state index >= 15 is 0 Å². The molecule has 5 nitrogen and oxygen atoms in total. The number of hydrogen-bond donors (Lipinski definition) is 1. The lowest BCUT2D eigenvalue weighted by Gasteiger charge is -2.31. The highest BCUT2D eigenvalue weighted by atomic mass is 79.9. The van der Waals surface area contributed by atoms with Crippen molar-refractivity contribution in [2.45, 2.75) is 17.7 Å². The van der Waals surface area contributed by atoms with E-state index in [-0.39, 0.29) is 23.3 Å². The van der Waals surface area contributed by atoms with Gasteiger partial charge in [0.25, 0.3) is 0 Å². The maximum Gasteiger partial charge on any atom is 0.243 e. The van der Waals surface area contributed by atoms with Gasteiger partial charge < -0.3 is 5.32 Å². The average molecular weight is 458 g/mol. The minimum Gasteiger partial charge on any atom is -0.326 e. The molecule has 1 heterocycles. The van der Waals surface area contributed by atoms with E-state index in [0.29, 0.717) is 30.1 Å². The zero-order valence-corrected chi connectivity index (χ0v) is 17.0. The van der Waals surface area contributed by atoms with E-state index < -0.39 is 10.0 Å². The summed E-state index contributed by atoms with van der Waals surface area (Å²) in [5.41, 5.74) is 0.682. The second-order valence-electron chi connectivity index (χ2n) is 6.16. The number of sulfonamides is 1. The van der Waals surface area contributed by atoms with Gasteiger partial charge in [-0.25, -0.2) is 8.42 Å². The van der Waals surface area contributed by atoms with Crippen molar-refractivity contribution >= 4 is 49.1 Å². The third kappa shape index (κ3) is 4.46. The highest BCUT2D eigenvalue weighted by molar-refractivity contribution is 9.10. The topological polar surface area (TPSA) is 66.5 Å². The van der Waals surface area contributed by atoms with Crippen LogP contribution in [0.4, 0.5) is 5.69 Å². The predicted molar refractivity (Wildman–Crippen MR) is 106 cm³/mol. The number of anilines is 1. The Hall–Kier alpha value is -1.41. The van der Waals surface area contributed by atoms with Crippen molar-refractivity contribution in [1.82, 2.24) is 4.31 Å². The summed E-state index contributed by atoms with van der Waals surface area (Å²) in [7, 11) is -3.64. The van der Waals surface area contributed by atoms with Crippen LogP contribution < -0.4 is 5.32 Å². The van der Waals surface area contributed by atoms with E-state index in [1.54, 1.807) is 18.2 Å². The minimum absolute atomic E-state index is 0.167. The van der Waals surface area contributed by atoms with Gasteiger partial charge in [0.15, 0.2) is 0 Å². The van der Waals surface area contributed by atoms with Crippen LogP contribution in [0.2, 0.25) is 5.02 Å². The molecule has 1 aliphatic rings. The van der Waals surface area contributed by atoms with Crippen molar-refractivity contribution < 1.29 is 13.2 Å². The number of hydrogen-bond acceptors (Lipinski definition) is 3. The molecule has 0 aliphatic carbocycles. The molecule has 0 radical (unpaired) electrons. The molecule has 0 bridgehead atoms. The molecule has 0 spiro atoms. The van der Waals surface area contributed by atoms with E-state index in [1.165, 1.54) is 16.4 Å². The molecule has 1 atom stereocenters. The molecular weight excluding hydrogens is 440 g/mol. The first-order chi connectivity index (χ1) is 12.4. The molecule has 8 heteroatoms. The van der Waals surface area contributed by atoms with E-state index in [0.717, 1.165) is 4.47 Å². The lowest BCUT2D eigenvalue weighted by molar-refractivity contribution is -0.120. The van der Waals surface area contributed by atoms with Gasteiger partial charge in [-0.05, 0) is 55.3 Å². The smallest absolute Gasteiger partial charge is 0.243 e. The van der Waals surface area contributed by atoms with Gasteiger partial charge in [-0.15, -0.1) is 0 Å². The fraction of sp³-hybridized carbons (Fsp3) is 0.278. The van der Waals surface area contributed by atoms with Crippen molar-refractivity contribution in [2.24, 2.45) is 5.92 Å². The molecule has 1 aliphatic heterocycles. The van der Waals surface area contributed by atoms with Crippen LogP contribution in [0, 0.1) is 5.92 Å². The second-order valence-corrected chi connectivity index (χ2v) is 9.45. The molecule has 1 N–H and O–H groups in total. The van der Waals surface area contributed by atoms with Gasteiger partial charge in [-0.1, -0.05) is 33.6 Å². The zero-order chi connectivity index (χ0) is 18.7. The quantitative estimate of drug-likeness (QED) is 0.750. The molecule has 2 aromatic rings. The van der Waals surface area contributed by atoms with Crippen molar-refractivity contribution in [3.8, 4) is 0 Å². The molecule has 26 heavy (non-hydrogen) atoms. The largest absolute Gasteiger partial charge is 0.326 e. The van der Waals surface area contributed by atoms with E-state index in [2.05, 4.69) is 21.2 Å². The van der Waals surface area contributed by atoms with Gasteiger partial charge in [0.1, 0.15) is 0 Å². The number of halogens is 2. The molecule has 1 unspecified atom stereocenters. The lowest BCUT2D eigenvalue weighted by atomic mass is 9.99. The van der Waals surface area contributed by atoms with Gasteiger partial charge in [0.05, 0.1) is 10.8 Å². The van der Waals surface area contributed by atoms with Crippen LogP contribution in [-0.4, -0.2) is 31.7 Å². The molecule has 2 aromatic carbocycles. The van der Waals surface area contributed by atoms with Crippen LogP contribution in [0.5, 0.6) is 0 Å². The van der Waals surface area contributed by atoms with Gasteiger partial charge in [0, 0.05) is 28.3 Å². The predicted octanol–water partition coefficient (Wildman–Crippen LogP) is 4.14. The number of piperidine rings is 1. The van der Waals surface area contributed by atoms with Crippen LogP contribution in [0.25, 0.3) is 0 Å². The Kier molecular flexibility index (Phi) is 6.02. The summed E-state index contributed by atoms with van der Waals surface area (Å²) in [6.07, 6.45) is 1.30. The third-order valence-electron chi connectivity index (χ3n) is 4.30. The fourth-order valence-corrected chi connectivity index (χ4v) is 4.99.